The third-order valence-electron chi connectivity index (χ3n) is 4.90. The normalized spacial score (nSPS) is 17.0. The van der Waals surface area contributed by atoms with E-state index < -0.39 is 10.0 Å². The molecule has 0 aromatic heterocycles. The number of rotatable bonds is 6. The van der Waals surface area contributed by atoms with Gasteiger partial charge in [0.2, 0.25) is 15.9 Å². The minimum absolute atomic E-state index is 0.0860. The van der Waals surface area contributed by atoms with Gasteiger partial charge in [0.15, 0.2) is 0 Å². The summed E-state index contributed by atoms with van der Waals surface area (Å²) in [5.74, 6) is 1.07. The van der Waals surface area contributed by atoms with Crippen LogP contribution in [0.5, 0.6) is 0 Å². The van der Waals surface area contributed by atoms with Gasteiger partial charge in [0.05, 0.1) is 29.5 Å². The molecule has 2 heterocycles. The lowest BCUT2D eigenvalue weighted by molar-refractivity contribution is -0.118. The highest BCUT2D eigenvalue weighted by atomic mass is 32.2. The maximum atomic E-state index is 12.7. The van der Waals surface area contributed by atoms with E-state index in [1.807, 2.05) is 18.2 Å². The van der Waals surface area contributed by atoms with Crippen LogP contribution >= 0.6 is 23.5 Å². The lowest BCUT2D eigenvalue weighted by Crippen LogP contribution is -2.40. The predicted molar refractivity (Wildman–Crippen MR) is 125 cm³/mol. The summed E-state index contributed by atoms with van der Waals surface area (Å²) in [5.41, 5.74) is 3.02. The molecule has 2 aromatic rings. The average molecular weight is 478 g/mol. The lowest BCUT2D eigenvalue weighted by atomic mass is 10.2. The first-order valence-corrected chi connectivity index (χ1v) is 13.3. The van der Waals surface area contributed by atoms with E-state index in [0.29, 0.717) is 32.8 Å². The topological polar surface area (TPSA) is 88.1 Å². The highest BCUT2D eigenvalue weighted by molar-refractivity contribution is 8.38. The molecular formula is C21H23N3O4S3. The van der Waals surface area contributed by atoms with E-state index in [2.05, 4.69) is 16.4 Å². The number of benzene rings is 2. The maximum Gasteiger partial charge on any atom is 0.243 e. The molecular weight excluding hydrogens is 454 g/mol. The number of carbonyl (C=O) groups excluding carboxylic acids is 1. The standard InChI is InChI=1S/C21H23N3O4S3/c25-20(15-30-21-23-19-4-2-1-3-17(19)14-29-21)22-13-16-5-7-18(8-6-16)31(26,27)24-9-11-28-12-10-24/h1-8H,9-15H2,(H,22,25). The highest BCUT2D eigenvalue weighted by Gasteiger charge is 2.26. The summed E-state index contributed by atoms with van der Waals surface area (Å²) >= 11 is 3.07. The molecule has 0 saturated carbocycles. The Morgan fingerprint density at radius 3 is 2.65 bits per heavy atom. The van der Waals surface area contributed by atoms with Crippen LogP contribution in [-0.2, 0) is 31.9 Å². The van der Waals surface area contributed by atoms with Gasteiger partial charge in [0.25, 0.3) is 0 Å². The second-order valence-corrected chi connectivity index (χ2v) is 11.1. The number of hydrogen-bond donors (Lipinski definition) is 1. The molecule has 4 rings (SSSR count). The van der Waals surface area contributed by atoms with Crippen LogP contribution in [0.2, 0.25) is 0 Å². The number of nitrogens with one attached hydrogen (secondary N) is 1. The van der Waals surface area contributed by atoms with Crippen LogP contribution in [0, 0.1) is 0 Å². The molecule has 0 aliphatic carbocycles. The van der Waals surface area contributed by atoms with E-state index in [4.69, 9.17) is 4.74 Å². The molecule has 0 atom stereocenters. The molecule has 0 unspecified atom stereocenters. The number of carbonyl (C=O) groups is 1. The van der Waals surface area contributed by atoms with E-state index in [0.717, 1.165) is 21.4 Å². The molecule has 0 radical (unpaired) electrons. The molecule has 1 saturated heterocycles. The molecule has 10 heteroatoms. The van der Waals surface area contributed by atoms with Gasteiger partial charge < -0.3 is 10.1 Å². The van der Waals surface area contributed by atoms with Crippen LogP contribution < -0.4 is 5.32 Å². The van der Waals surface area contributed by atoms with Gasteiger partial charge in [-0.2, -0.15) is 4.31 Å². The Morgan fingerprint density at radius 2 is 1.87 bits per heavy atom. The zero-order valence-electron chi connectivity index (χ0n) is 16.8. The van der Waals surface area contributed by atoms with Gasteiger partial charge in [-0.05, 0) is 29.3 Å². The Bertz CT molecular complexity index is 1070. The molecule has 1 N–H and O–H groups in total. The van der Waals surface area contributed by atoms with E-state index >= 15 is 0 Å². The summed E-state index contributed by atoms with van der Waals surface area (Å²) < 4.78 is 32.9. The summed E-state index contributed by atoms with van der Waals surface area (Å²) in [7, 11) is -3.51. The van der Waals surface area contributed by atoms with Crippen LogP contribution in [0.25, 0.3) is 0 Å². The molecule has 0 bridgehead atoms. The first-order valence-electron chi connectivity index (χ1n) is 9.88. The van der Waals surface area contributed by atoms with Gasteiger partial charge in [0, 0.05) is 25.4 Å². The van der Waals surface area contributed by atoms with Gasteiger partial charge in [-0.3, -0.25) is 4.79 Å². The highest BCUT2D eigenvalue weighted by Crippen LogP contribution is 2.34. The number of morpholine rings is 1. The number of para-hydroxylation sites is 1. The Kier molecular flexibility index (Phi) is 7.34. The molecule has 2 aliphatic heterocycles. The zero-order valence-corrected chi connectivity index (χ0v) is 19.3. The molecule has 31 heavy (non-hydrogen) atoms. The molecule has 1 fully saturated rings. The minimum Gasteiger partial charge on any atom is -0.379 e. The number of nitrogens with zero attached hydrogens (tertiary/aromatic N) is 2. The number of aliphatic imine (C=N–C) groups is 1. The third kappa shape index (κ3) is 5.69. The van der Waals surface area contributed by atoms with Gasteiger partial charge in [-0.25, -0.2) is 13.4 Å². The van der Waals surface area contributed by atoms with Crippen molar-refractivity contribution in [3.05, 3.63) is 59.7 Å². The first-order chi connectivity index (χ1) is 15.0. The summed E-state index contributed by atoms with van der Waals surface area (Å²) in [4.78, 5) is 17.1. The van der Waals surface area contributed by atoms with Crippen LogP contribution in [0.15, 0.2) is 58.4 Å². The van der Waals surface area contributed by atoms with Crippen molar-refractivity contribution in [2.75, 3.05) is 32.1 Å². The Morgan fingerprint density at radius 1 is 1.13 bits per heavy atom. The number of hydrogen-bond acceptors (Lipinski definition) is 7. The van der Waals surface area contributed by atoms with E-state index in [9.17, 15) is 13.2 Å². The van der Waals surface area contributed by atoms with Crippen LogP contribution in [0.3, 0.4) is 0 Å². The summed E-state index contributed by atoms with van der Waals surface area (Å²) in [5, 5.41) is 2.88. The van der Waals surface area contributed by atoms with E-state index in [1.54, 1.807) is 36.0 Å². The van der Waals surface area contributed by atoms with Gasteiger partial charge in [-0.15, -0.1) is 0 Å². The molecule has 2 aromatic carbocycles. The van der Waals surface area contributed by atoms with Gasteiger partial charge >= 0.3 is 0 Å². The number of ether oxygens (including phenoxy) is 1. The fourth-order valence-corrected chi connectivity index (χ4v) is 6.48. The summed E-state index contributed by atoms with van der Waals surface area (Å²) in [6.45, 7) is 1.91. The largest absolute Gasteiger partial charge is 0.379 e. The lowest BCUT2D eigenvalue weighted by Gasteiger charge is -2.26. The van der Waals surface area contributed by atoms with Crippen molar-refractivity contribution in [2.45, 2.75) is 17.2 Å². The fraction of sp³-hybridized carbons (Fsp3) is 0.333. The summed E-state index contributed by atoms with van der Waals surface area (Å²) in [6.07, 6.45) is 0. The minimum atomic E-state index is -3.51. The first kappa shape index (κ1) is 22.3. The number of thioether (sulfide) groups is 2. The number of amides is 1. The number of sulfonamides is 1. The second-order valence-electron chi connectivity index (χ2n) is 7.02. The Labute approximate surface area is 190 Å². The SMILES string of the molecule is O=C(CSC1=Nc2ccccc2CS1)NCc1ccc(S(=O)(=O)N2CCOCC2)cc1. The van der Waals surface area contributed by atoms with Crippen molar-refractivity contribution in [1.29, 1.82) is 0 Å². The fourth-order valence-electron chi connectivity index (χ4n) is 3.18. The molecule has 0 spiro atoms. The average Bonchev–Trinajstić information content (AvgIpc) is 2.82. The van der Waals surface area contributed by atoms with Crippen molar-refractivity contribution >= 4 is 49.5 Å². The van der Waals surface area contributed by atoms with Crippen LogP contribution in [-0.4, -0.2) is 55.1 Å². The van der Waals surface area contributed by atoms with Crippen molar-refractivity contribution in [3.8, 4) is 0 Å². The maximum absolute atomic E-state index is 12.7. The number of fused-ring (bicyclic) bond motifs is 1. The van der Waals surface area contributed by atoms with Crippen molar-refractivity contribution in [3.63, 3.8) is 0 Å². The molecule has 1 amide bonds. The third-order valence-corrected chi connectivity index (χ3v) is 9.06. The van der Waals surface area contributed by atoms with Gasteiger partial charge in [-0.1, -0.05) is 53.9 Å². The van der Waals surface area contributed by atoms with E-state index in [-0.39, 0.29) is 16.6 Å². The second kappa shape index (κ2) is 10.2. The predicted octanol–water partition coefficient (Wildman–Crippen LogP) is 2.99. The van der Waals surface area contributed by atoms with Crippen molar-refractivity contribution < 1.29 is 17.9 Å². The summed E-state index contributed by atoms with van der Waals surface area (Å²) in [6, 6.07) is 14.7. The Hall–Kier alpha value is -1.85. The molecule has 164 valence electrons. The van der Waals surface area contributed by atoms with E-state index in [1.165, 1.54) is 21.6 Å². The molecule has 7 nitrogen and oxygen atoms in total. The van der Waals surface area contributed by atoms with Crippen molar-refractivity contribution in [1.82, 2.24) is 9.62 Å². The zero-order chi connectivity index (χ0) is 21.7. The molecule has 2 aliphatic rings. The quantitative estimate of drug-likeness (QED) is 0.688. The van der Waals surface area contributed by atoms with Crippen LogP contribution in [0.4, 0.5) is 5.69 Å². The van der Waals surface area contributed by atoms with Crippen molar-refractivity contribution in [2.24, 2.45) is 4.99 Å². The van der Waals surface area contributed by atoms with Gasteiger partial charge in [0.1, 0.15) is 4.38 Å². The smallest absolute Gasteiger partial charge is 0.243 e. The van der Waals surface area contributed by atoms with Crippen LogP contribution in [0.1, 0.15) is 11.1 Å². The Balaban J connectivity index is 1.27. The monoisotopic (exact) mass is 477 g/mol.